The van der Waals surface area contributed by atoms with Gasteiger partial charge in [0.15, 0.2) is 6.61 Å². The fraction of sp³-hybridized carbons (Fsp3) is 0.333. The van der Waals surface area contributed by atoms with Gasteiger partial charge in [-0.2, -0.15) is 0 Å². The molecule has 2 heterocycles. The Morgan fingerprint density at radius 1 is 1.07 bits per heavy atom. The summed E-state index contributed by atoms with van der Waals surface area (Å²) in [5.41, 5.74) is 1.80. The van der Waals surface area contributed by atoms with Crippen molar-refractivity contribution in [2.45, 2.75) is 12.5 Å². The molecule has 6 heteroatoms. The van der Waals surface area contributed by atoms with Crippen LogP contribution in [0.2, 0.25) is 0 Å². The van der Waals surface area contributed by atoms with E-state index in [0.717, 1.165) is 11.3 Å². The summed E-state index contributed by atoms with van der Waals surface area (Å²) >= 11 is 0. The van der Waals surface area contributed by atoms with Crippen molar-refractivity contribution in [3.05, 3.63) is 60.2 Å². The SMILES string of the molecule is O=C(CCN1C(=O)COc2ccccc21)N1CCO[C@H](c2ccccc2)C1. The molecule has 1 saturated heterocycles. The summed E-state index contributed by atoms with van der Waals surface area (Å²) < 4.78 is 11.3. The van der Waals surface area contributed by atoms with Crippen LogP contribution < -0.4 is 9.64 Å². The first-order chi connectivity index (χ1) is 13.2. The monoisotopic (exact) mass is 366 g/mol. The highest BCUT2D eigenvalue weighted by molar-refractivity contribution is 5.98. The van der Waals surface area contributed by atoms with Crippen molar-refractivity contribution < 1.29 is 19.1 Å². The van der Waals surface area contributed by atoms with Gasteiger partial charge in [-0.3, -0.25) is 9.59 Å². The lowest BCUT2D eigenvalue weighted by atomic mass is 10.1. The van der Waals surface area contributed by atoms with Crippen molar-refractivity contribution in [2.24, 2.45) is 0 Å². The molecule has 0 radical (unpaired) electrons. The molecular weight excluding hydrogens is 344 g/mol. The molecule has 4 rings (SSSR count). The standard InChI is InChI=1S/C21H22N2O4/c24-20(22-12-13-26-19(14-22)16-6-2-1-3-7-16)10-11-23-17-8-4-5-9-18(17)27-15-21(23)25/h1-9,19H,10-15H2/t19-/m0/s1. The third-order valence-corrected chi connectivity index (χ3v) is 4.95. The van der Waals surface area contributed by atoms with Gasteiger partial charge in [0.05, 0.1) is 18.8 Å². The summed E-state index contributed by atoms with van der Waals surface area (Å²) in [5, 5.41) is 0. The Balaban J connectivity index is 1.39. The predicted octanol–water partition coefficient (Wildman–Crippen LogP) is 2.40. The maximum atomic E-state index is 12.7. The molecule has 2 amide bonds. The molecule has 2 aliphatic rings. The number of benzene rings is 2. The summed E-state index contributed by atoms with van der Waals surface area (Å²) in [7, 11) is 0. The number of para-hydroxylation sites is 2. The van der Waals surface area contributed by atoms with Gasteiger partial charge in [-0.15, -0.1) is 0 Å². The van der Waals surface area contributed by atoms with Gasteiger partial charge in [0.25, 0.3) is 5.91 Å². The molecule has 1 atom stereocenters. The van der Waals surface area contributed by atoms with E-state index >= 15 is 0 Å². The van der Waals surface area contributed by atoms with Crippen LogP contribution in [0.15, 0.2) is 54.6 Å². The first-order valence-corrected chi connectivity index (χ1v) is 9.19. The van der Waals surface area contributed by atoms with E-state index in [1.807, 2.05) is 59.5 Å². The lowest BCUT2D eigenvalue weighted by molar-refractivity contribution is -0.138. The fourth-order valence-corrected chi connectivity index (χ4v) is 3.51. The Morgan fingerprint density at radius 2 is 1.85 bits per heavy atom. The number of morpholine rings is 1. The molecular formula is C21H22N2O4. The lowest BCUT2D eigenvalue weighted by Crippen LogP contribution is -2.45. The molecule has 2 aliphatic heterocycles. The second-order valence-electron chi connectivity index (χ2n) is 6.66. The number of carbonyl (C=O) groups excluding carboxylic acids is 2. The van der Waals surface area contributed by atoms with Crippen LogP contribution in [0.25, 0.3) is 0 Å². The van der Waals surface area contributed by atoms with E-state index in [2.05, 4.69) is 0 Å². The molecule has 6 nitrogen and oxygen atoms in total. The largest absolute Gasteiger partial charge is 0.482 e. The van der Waals surface area contributed by atoms with E-state index in [-0.39, 0.29) is 30.9 Å². The van der Waals surface area contributed by atoms with Crippen LogP contribution >= 0.6 is 0 Å². The first-order valence-electron chi connectivity index (χ1n) is 9.19. The van der Waals surface area contributed by atoms with Gasteiger partial charge in [0.2, 0.25) is 5.91 Å². The van der Waals surface area contributed by atoms with Gasteiger partial charge in [-0.1, -0.05) is 42.5 Å². The van der Waals surface area contributed by atoms with E-state index in [0.29, 0.717) is 32.0 Å². The number of nitrogens with zero attached hydrogens (tertiary/aromatic N) is 2. The highest BCUT2D eigenvalue weighted by atomic mass is 16.5. The average Bonchev–Trinajstić information content (AvgIpc) is 2.73. The maximum Gasteiger partial charge on any atom is 0.265 e. The molecule has 2 aromatic rings. The van der Waals surface area contributed by atoms with Crippen LogP contribution in [0.5, 0.6) is 5.75 Å². The van der Waals surface area contributed by atoms with Crippen molar-refractivity contribution in [2.75, 3.05) is 37.7 Å². The second kappa shape index (κ2) is 7.80. The highest BCUT2D eigenvalue weighted by Gasteiger charge is 2.28. The number of fused-ring (bicyclic) bond motifs is 1. The summed E-state index contributed by atoms with van der Waals surface area (Å²) in [6.45, 7) is 2.00. The lowest BCUT2D eigenvalue weighted by Gasteiger charge is -2.34. The zero-order valence-corrected chi connectivity index (χ0v) is 15.0. The predicted molar refractivity (Wildman–Crippen MR) is 101 cm³/mol. The van der Waals surface area contributed by atoms with Gasteiger partial charge < -0.3 is 19.3 Å². The molecule has 0 spiro atoms. The van der Waals surface area contributed by atoms with Crippen LogP contribution in [0, 0.1) is 0 Å². The molecule has 0 unspecified atom stereocenters. The van der Waals surface area contributed by atoms with Crippen LogP contribution in [0.4, 0.5) is 5.69 Å². The van der Waals surface area contributed by atoms with Crippen molar-refractivity contribution in [1.82, 2.24) is 4.90 Å². The molecule has 0 aromatic heterocycles. The number of carbonyl (C=O) groups is 2. The summed E-state index contributed by atoms with van der Waals surface area (Å²) in [4.78, 5) is 28.5. The number of ether oxygens (including phenoxy) is 2. The Bertz CT molecular complexity index is 824. The van der Waals surface area contributed by atoms with Gasteiger partial charge in [-0.05, 0) is 17.7 Å². The van der Waals surface area contributed by atoms with Crippen molar-refractivity contribution >= 4 is 17.5 Å². The van der Waals surface area contributed by atoms with Crippen LogP contribution in [0.1, 0.15) is 18.1 Å². The fourth-order valence-electron chi connectivity index (χ4n) is 3.51. The minimum Gasteiger partial charge on any atom is -0.482 e. The van der Waals surface area contributed by atoms with Crippen LogP contribution in [0.3, 0.4) is 0 Å². The Hall–Kier alpha value is -2.86. The van der Waals surface area contributed by atoms with Gasteiger partial charge in [0, 0.05) is 19.5 Å². The minimum absolute atomic E-state index is 0.0127. The van der Waals surface area contributed by atoms with Crippen molar-refractivity contribution in [3.63, 3.8) is 0 Å². The molecule has 140 valence electrons. The van der Waals surface area contributed by atoms with E-state index in [9.17, 15) is 9.59 Å². The Labute approximate surface area is 158 Å². The smallest absolute Gasteiger partial charge is 0.265 e. The molecule has 2 aromatic carbocycles. The van der Waals surface area contributed by atoms with E-state index in [1.54, 1.807) is 4.90 Å². The minimum atomic E-state index is -0.120. The van der Waals surface area contributed by atoms with E-state index in [4.69, 9.17) is 9.47 Å². The normalized spacial score (nSPS) is 19.4. The summed E-state index contributed by atoms with van der Waals surface area (Å²) in [6.07, 6.45) is 0.177. The van der Waals surface area contributed by atoms with Crippen molar-refractivity contribution in [1.29, 1.82) is 0 Å². The quantitative estimate of drug-likeness (QED) is 0.834. The number of anilines is 1. The Morgan fingerprint density at radius 3 is 2.70 bits per heavy atom. The Kier molecular flexibility index (Phi) is 5.07. The average molecular weight is 366 g/mol. The second-order valence-corrected chi connectivity index (χ2v) is 6.66. The molecule has 0 saturated carbocycles. The molecule has 0 aliphatic carbocycles. The topological polar surface area (TPSA) is 59.1 Å². The highest BCUT2D eigenvalue weighted by Crippen LogP contribution is 2.31. The number of hydrogen-bond donors (Lipinski definition) is 0. The molecule has 27 heavy (non-hydrogen) atoms. The van der Waals surface area contributed by atoms with Crippen LogP contribution in [-0.4, -0.2) is 49.6 Å². The third kappa shape index (κ3) is 3.80. The van der Waals surface area contributed by atoms with E-state index < -0.39 is 0 Å². The number of rotatable bonds is 4. The van der Waals surface area contributed by atoms with Gasteiger partial charge in [0.1, 0.15) is 11.9 Å². The molecule has 1 fully saturated rings. The van der Waals surface area contributed by atoms with E-state index in [1.165, 1.54) is 0 Å². The maximum absolute atomic E-state index is 12.7. The summed E-state index contributed by atoms with van der Waals surface area (Å²) in [6, 6.07) is 17.4. The third-order valence-electron chi connectivity index (χ3n) is 4.95. The first kappa shape index (κ1) is 17.5. The van der Waals surface area contributed by atoms with Gasteiger partial charge >= 0.3 is 0 Å². The van der Waals surface area contributed by atoms with Crippen LogP contribution in [-0.2, 0) is 14.3 Å². The number of hydrogen-bond acceptors (Lipinski definition) is 4. The van der Waals surface area contributed by atoms with Gasteiger partial charge in [-0.25, -0.2) is 0 Å². The zero-order valence-electron chi connectivity index (χ0n) is 15.0. The molecule has 0 bridgehead atoms. The summed E-state index contributed by atoms with van der Waals surface area (Å²) in [5.74, 6) is 0.599. The zero-order chi connectivity index (χ0) is 18.6. The molecule has 0 N–H and O–H groups in total. The van der Waals surface area contributed by atoms with Crippen molar-refractivity contribution in [3.8, 4) is 5.75 Å². The number of amides is 2.